The Kier molecular flexibility index (Phi) is 5.95. The summed E-state index contributed by atoms with van der Waals surface area (Å²) in [5, 5.41) is 5.83. The van der Waals surface area contributed by atoms with E-state index in [0.29, 0.717) is 25.3 Å². The Morgan fingerprint density at radius 1 is 1.52 bits per heavy atom. The van der Waals surface area contributed by atoms with Crippen molar-refractivity contribution in [2.75, 3.05) is 26.2 Å². The minimum atomic E-state index is -1.94. The first-order chi connectivity index (χ1) is 10.8. The second-order valence-corrected chi connectivity index (χ2v) is 6.52. The second-order valence-electron chi connectivity index (χ2n) is 6.11. The summed E-state index contributed by atoms with van der Waals surface area (Å²) in [6, 6.07) is 4.52. The lowest BCUT2D eigenvalue weighted by atomic mass is 9.95. The van der Waals surface area contributed by atoms with Crippen LogP contribution in [0.4, 0.5) is 8.78 Å². The molecule has 4 nitrogen and oxygen atoms in total. The third kappa shape index (κ3) is 4.86. The summed E-state index contributed by atoms with van der Waals surface area (Å²) in [7, 11) is 0. The van der Waals surface area contributed by atoms with Crippen LogP contribution in [0.3, 0.4) is 0 Å². The molecule has 2 atom stereocenters. The Balaban J connectivity index is 2.13. The molecule has 0 aromatic heterocycles. The maximum absolute atomic E-state index is 13.7. The number of amides is 1. The molecule has 2 rings (SSSR count). The van der Waals surface area contributed by atoms with Crippen molar-refractivity contribution in [1.29, 1.82) is 0 Å². The fraction of sp³-hybridized carbons (Fsp3) is 0.562. The van der Waals surface area contributed by atoms with Gasteiger partial charge < -0.3 is 15.4 Å². The van der Waals surface area contributed by atoms with E-state index in [0.717, 1.165) is 0 Å². The summed E-state index contributed by atoms with van der Waals surface area (Å²) in [5.41, 5.74) is -1.30. The van der Waals surface area contributed by atoms with Crippen molar-refractivity contribution in [2.45, 2.75) is 25.6 Å². The Labute approximate surface area is 139 Å². The fourth-order valence-electron chi connectivity index (χ4n) is 2.46. The largest absolute Gasteiger partial charge is 0.372 e. The Morgan fingerprint density at radius 3 is 2.91 bits per heavy atom. The summed E-state index contributed by atoms with van der Waals surface area (Å²) in [5.74, 6) is -1.34. The number of nitrogens with one attached hydrogen (secondary N) is 2. The van der Waals surface area contributed by atoms with Gasteiger partial charge in [-0.15, -0.1) is 0 Å². The molecule has 1 aromatic carbocycles. The van der Waals surface area contributed by atoms with Crippen LogP contribution in [0, 0.1) is 11.7 Å². The highest BCUT2D eigenvalue weighted by atomic mass is 35.5. The highest BCUT2D eigenvalue weighted by Gasteiger charge is 2.30. The lowest BCUT2D eigenvalue weighted by Gasteiger charge is -2.26. The van der Waals surface area contributed by atoms with Crippen molar-refractivity contribution in [3.63, 3.8) is 0 Å². The number of hydrogen-bond donors (Lipinski definition) is 2. The van der Waals surface area contributed by atoms with E-state index in [-0.39, 0.29) is 17.5 Å². The van der Waals surface area contributed by atoms with Gasteiger partial charge in [-0.25, -0.2) is 8.78 Å². The number of hydrogen-bond acceptors (Lipinski definition) is 3. The number of carbonyl (C=O) groups excluding carboxylic acids is 1. The number of ether oxygens (including phenoxy) is 1. The van der Waals surface area contributed by atoms with E-state index in [2.05, 4.69) is 10.6 Å². The van der Waals surface area contributed by atoms with Crippen molar-refractivity contribution < 1.29 is 18.3 Å². The van der Waals surface area contributed by atoms with E-state index >= 15 is 0 Å². The van der Waals surface area contributed by atoms with E-state index in [1.807, 2.05) is 0 Å². The quantitative estimate of drug-likeness (QED) is 0.881. The molecule has 0 bridgehead atoms. The van der Waals surface area contributed by atoms with E-state index in [1.165, 1.54) is 26.0 Å². The smallest absolute Gasteiger partial charge is 0.257 e. The van der Waals surface area contributed by atoms with Crippen LogP contribution >= 0.6 is 11.6 Å². The summed E-state index contributed by atoms with van der Waals surface area (Å²) < 4.78 is 33.1. The minimum Gasteiger partial charge on any atom is -0.372 e. The average molecular weight is 347 g/mol. The molecule has 128 valence electrons. The topological polar surface area (TPSA) is 50.4 Å². The van der Waals surface area contributed by atoms with Crippen molar-refractivity contribution in [2.24, 2.45) is 5.92 Å². The summed E-state index contributed by atoms with van der Waals surface area (Å²) in [4.78, 5) is 11.7. The normalized spacial score (nSPS) is 22.5. The van der Waals surface area contributed by atoms with Gasteiger partial charge in [-0.3, -0.25) is 4.79 Å². The molecular formula is C16H21ClF2N2O2. The molecule has 1 aromatic rings. The molecule has 0 saturated carbocycles. The molecule has 7 heteroatoms. The van der Waals surface area contributed by atoms with Crippen molar-refractivity contribution >= 4 is 17.5 Å². The molecule has 0 unspecified atom stereocenters. The highest BCUT2D eigenvalue weighted by molar-refractivity contribution is 6.30. The lowest BCUT2D eigenvalue weighted by Crippen LogP contribution is -2.43. The third-order valence-electron chi connectivity index (χ3n) is 3.75. The van der Waals surface area contributed by atoms with Crippen LogP contribution in [-0.2, 0) is 9.53 Å². The zero-order valence-corrected chi connectivity index (χ0v) is 13.9. The zero-order chi connectivity index (χ0) is 17.0. The summed E-state index contributed by atoms with van der Waals surface area (Å²) in [6.45, 7) is 4.34. The van der Waals surface area contributed by atoms with Gasteiger partial charge >= 0.3 is 0 Å². The van der Waals surface area contributed by atoms with Crippen LogP contribution in [0.15, 0.2) is 18.2 Å². The molecule has 1 saturated heterocycles. The molecule has 2 N–H and O–H groups in total. The van der Waals surface area contributed by atoms with Gasteiger partial charge in [0, 0.05) is 25.6 Å². The molecule has 0 aliphatic carbocycles. The predicted octanol–water partition coefficient (Wildman–Crippen LogP) is 2.62. The van der Waals surface area contributed by atoms with Crippen molar-refractivity contribution in [1.82, 2.24) is 10.6 Å². The van der Waals surface area contributed by atoms with Crippen LogP contribution in [0.2, 0.25) is 5.02 Å². The summed E-state index contributed by atoms with van der Waals surface area (Å²) in [6.07, 6.45) is -0.403. The number of benzene rings is 1. The zero-order valence-electron chi connectivity index (χ0n) is 13.2. The molecular weight excluding hydrogens is 326 g/mol. The van der Waals surface area contributed by atoms with Gasteiger partial charge in [0.1, 0.15) is 5.82 Å². The first-order valence-corrected chi connectivity index (χ1v) is 7.91. The summed E-state index contributed by atoms with van der Waals surface area (Å²) >= 11 is 5.71. The molecule has 1 aliphatic heterocycles. The van der Waals surface area contributed by atoms with Gasteiger partial charge in [0.05, 0.1) is 17.7 Å². The van der Waals surface area contributed by atoms with Crippen LogP contribution in [0.5, 0.6) is 0 Å². The van der Waals surface area contributed by atoms with Crippen LogP contribution in [0.25, 0.3) is 0 Å². The fourth-order valence-corrected chi connectivity index (χ4v) is 2.58. The second kappa shape index (κ2) is 7.55. The predicted molar refractivity (Wildman–Crippen MR) is 84.7 cm³/mol. The maximum atomic E-state index is 13.7. The first kappa shape index (κ1) is 18.1. The molecule has 1 amide bonds. The Bertz CT molecular complexity index is 564. The molecule has 0 spiro atoms. The van der Waals surface area contributed by atoms with Crippen molar-refractivity contribution in [3.05, 3.63) is 34.6 Å². The SMILES string of the molecule is CC(C)(F)C(=O)NC[C@@H]1CNCCO[C@H]1c1ccc(Cl)c(F)c1. The lowest BCUT2D eigenvalue weighted by molar-refractivity contribution is -0.131. The van der Waals surface area contributed by atoms with E-state index < -0.39 is 23.5 Å². The van der Waals surface area contributed by atoms with Gasteiger partial charge in [0.25, 0.3) is 5.91 Å². The van der Waals surface area contributed by atoms with Gasteiger partial charge in [-0.05, 0) is 31.5 Å². The Morgan fingerprint density at radius 2 is 2.26 bits per heavy atom. The number of alkyl halides is 1. The van der Waals surface area contributed by atoms with Crippen LogP contribution in [-0.4, -0.2) is 37.8 Å². The van der Waals surface area contributed by atoms with Crippen molar-refractivity contribution in [3.8, 4) is 0 Å². The highest BCUT2D eigenvalue weighted by Crippen LogP contribution is 2.29. The standard InChI is InChI=1S/C16H21ClF2N2O2/c1-16(2,19)15(22)21-9-11-8-20-5-6-23-14(11)10-3-4-12(17)13(18)7-10/h3-4,7,11,14,20H,5-6,8-9H2,1-2H3,(H,21,22)/t11-,14-/m0/s1. The molecule has 0 radical (unpaired) electrons. The molecule has 1 aliphatic rings. The van der Waals surface area contributed by atoms with Gasteiger partial charge in [-0.2, -0.15) is 0 Å². The minimum absolute atomic E-state index is 0.0459. The van der Waals surface area contributed by atoms with E-state index in [1.54, 1.807) is 6.07 Å². The molecule has 23 heavy (non-hydrogen) atoms. The van der Waals surface area contributed by atoms with Gasteiger partial charge in [0.2, 0.25) is 0 Å². The number of halogens is 3. The first-order valence-electron chi connectivity index (χ1n) is 7.53. The maximum Gasteiger partial charge on any atom is 0.257 e. The Hall–Kier alpha value is -1.24. The monoisotopic (exact) mass is 346 g/mol. The van der Waals surface area contributed by atoms with E-state index in [9.17, 15) is 13.6 Å². The molecule has 1 heterocycles. The van der Waals surface area contributed by atoms with E-state index in [4.69, 9.17) is 16.3 Å². The third-order valence-corrected chi connectivity index (χ3v) is 4.05. The molecule has 1 fully saturated rings. The number of rotatable bonds is 4. The van der Waals surface area contributed by atoms with Gasteiger partial charge in [-0.1, -0.05) is 17.7 Å². The average Bonchev–Trinajstić information content (AvgIpc) is 2.72. The number of carbonyl (C=O) groups is 1. The van der Waals surface area contributed by atoms with Gasteiger partial charge in [0.15, 0.2) is 5.67 Å². The van der Waals surface area contributed by atoms with Crippen LogP contribution in [0.1, 0.15) is 25.5 Å². The van der Waals surface area contributed by atoms with Crippen LogP contribution < -0.4 is 10.6 Å².